The van der Waals surface area contributed by atoms with E-state index in [4.69, 9.17) is 11.6 Å². The molecule has 1 aromatic carbocycles. The third-order valence-electron chi connectivity index (χ3n) is 1.55. The second-order valence-electron chi connectivity index (χ2n) is 2.52. The van der Waals surface area contributed by atoms with Crippen molar-refractivity contribution in [3.05, 3.63) is 35.6 Å². The molecule has 4 N–H and O–H groups in total. The van der Waals surface area contributed by atoms with Crippen LogP contribution < -0.4 is 11.6 Å². The molecule has 14 heavy (non-hydrogen) atoms. The molecule has 0 saturated heterocycles. The molecule has 4 nitrogen and oxygen atoms in total. The van der Waals surface area contributed by atoms with E-state index in [1.807, 2.05) is 0 Å². The van der Waals surface area contributed by atoms with Crippen molar-refractivity contribution in [1.29, 1.82) is 0 Å². The van der Waals surface area contributed by atoms with Crippen LogP contribution in [-0.2, 0) is 0 Å². The molecule has 0 spiro atoms. The summed E-state index contributed by atoms with van der Waals surface area (Å²) < 4.78 is 12.5. The van der Waals surface area contributed by atoms with Crippen LogP contribution in [0, 0.1) is 5.82 Å². The molecule has 0 atom stereocenters. The van der Waals surface area contributed by atoms with E-state index in [1.165, 1.54) is 12.1 Å². The van der Waals surface area contributed by atoms with E-state index in [0.717, 1.165) is 12.1 Å². The standard InChI is InChI=1S/C8H8FN3OS/c9-6-3-1-5(2-4-6)7(13)12(11)8(10)14/h1-4H,11H2,(H2,10,14). The fraction of sp³-hybridized carbons (Fsp3) is 0. The molecule has 0 fully saturated rings. The summed E-state index contributed by atoms with van der Waals surface area (Å²) in [7, 11) is 0. The van der Waals surface area contributed by atoms with Gasteiger partial charge in [0.05, 0.1) is 0 Å². The normalized spacial score (nSPS) is 9.57. The first-order valence-corrected chi connectivity index (χ1v) is 4.07. The Hall–Kier alpha value is -1.53. The van der Waals surface area contributed by atoms with Gasteiger partial charge in [-0.3, -0.25) is 4.79 Å². The molecule has 1 amide bonds. The van der Waals surface area contributed by atoms with Gasteiger partial charge in [-0.15, -0.1) is 0 Å². The van der Waals surface area contributed by atoms with Gasteiger partial charge in [0.25, 0.3) is 5.91 Å². The minimum absolute atomic E-state index is 0.224. The molecule has 0 saturated carbocycles. The number of carbonyl (C=O) groups is 1. The van der Waals surface area contributed by atoms with Gasteiger partial charge in [0.2, 0.25) is 0 Å². The van der Waals surface area contributed by atoms with Crippen LogP contribution >= 0.6 is 12.2 Å². The maximum atomic E-state index is 12.5. The minimum atomic E-state index is -0.572. The number of carbonyl (C=O) groups excluding carboxylic acids is 1. The monoisotopic (exact) mass is 213 g/mol. The lowest BCUT2D eigenvalue weighted by molar-refractivity contribution is 0.0848. The summed E-state index contributed by atoms with van der Waals surface area (Å²) >= 11 is 4.50. The van der Waals surface area contributed by atoms with E-state index < -0.39 is 11.7 Å². The van der Waals surface area contributed by atoms with Crippen molar-refractivity contribution in [3.63, 3.8) is 0 Å². The minimum Gasteiger partial charge on any atom is -0.375 e. The van der Waals surface area contributed by atoms with Crippen LogP contribution in [-0.4, -0.2) is 16.0 Å². The van der Waals surface area contributed by atoms with Crippen LogP contribution in [0.3, 0.4) is 0 Å². The van der Waals surface area contributed by atoms with Crippen molar-refractivity contribution >= 4 is 23.2 Å². The summed E-state index contributed by atoms with van der Waals surface area (Å²) in [5.74, 6) is 4.25. The molecule has 0 aliphatic carbocycles. The van der Waals surface area contributed by atoms with Crippen LogP contribution in [0.5, 0.6) is 0 Å². The third-order valence-corrected chi connectivity index (χ3v) is 1.74. The summed E-state index contributed by atoms with van der Waals surface area (Å²) in [6, 6.07) is 4.91. The Balaban J connectivity index is 2.90. The fourth-order valence-electron chi connectivity index (χ4n) is 0.832. The van der Waals surface area contributed by atoms with Gasteiger partial charge in [0.15, 0.2) is 5.11 Å². The van der Waals surface area contributed by atoms with E-state index in [1.54, 1.807) is 0 Å². The molecule has 1 rings (SSSR count). The average Bonchev–Trinajstić information content (AvgIpc) is 2.16. The molecule has 0 radical (unpaired) electrons. The van der Waals surface area contributed by atoms with E-state index in [2.05, 4.69) is 12.2 Å². The Labute approximate surface area is 85.3 Å². The predicted molar refractivity (Wildman–Crippen MR) is 53.5 cm³/mol. The SMILES string of the molecule is NC(=S)N(N)C(=O)c1ccc(F)cc1. The van der Waals surface area contributed by atoms with Gasteiger partial charge in [0, 0.05) is 5.56 Å². The van der Waals surface area contributed by atoms with Crippen molar-refractivity contribution in [2.24, 2.45) is 11.6 Å². The van der Waals surface area contributed by atoms with Crippen LogP contribution in [0.2, 0.25) is 0 Å². The predicted octanol–water partition coefficient (Wildman–Crippen LogP) is 0.385. The smallest absolute Gasteiger partial charge is 0.274 e. The molecule has 6 heteroatoms. The zero-order valence-corrected chi connectivity index (χ0v) is 7.92. The van der Waals surface area contributed by atoms with Gasteiger partial charge in [-0.2, -0.15) is 0 Å². The Morgan fingerprint density at radius 3 is 2.29 bits per heavy atom. The highest BCUT2D eigenvalue weighted by molar-refractivity contribution is 7.80. The lowest BCUT2D eigenvalue weighted by atomic mass is 10.2. The van der Waals surface area contributed by atoms with Crippen molar-refractivity contribution in [2.75, 3.05) is 0 Å². The molecular formula is C8H8FN3OS. The number of halogens is 1. The zero-order valence-electron chi connectivity index (χ0n) is 7.11. The first-order chi connectivity index (χ1) is 6.52. The zero-order chi connectivity index (χ0) is 10.7. The molecule has 0 aliphatic rings. The molecule has 0 unspecified atom stereocenters. The average molecular weight is 213 g/mol. The number of nitrogens with two attached hydrogens (primary N) is 2. The maximum absolute atomic E-state index is 12.5. The summed E-state index contributed by atoms with van der Waals surface area (Å²) in [6.07, 6.45) is 0. The highest BCUT2D eigenvalue weighted by Crippen LogP contribution is 2.04. The lowest BCUT2D eigenvalue weighted by Gasteiger charge is -2.13. The van der Waals surface area contributed by atoms with Gasteiger partial charge in [-0.1, -0.05) is 0 Å². The van der Waals surface area contributed by atoms with E-state index in [9.17, 15) is 9.18 Å². The molecule has 0 heterocycles. The summed E-state index contributed by atoms with van der Waals surface area (Å²) in [5.41, 5.74) is 5.37. The topological polar surface area (TPSA) is 72.3 Å². The number of nitrogens with zero attached hydrogens (tertiary/aromatic N) is 1. The molecule has 0 bridgehead atoms. The van der Waals surface area contributed by atoms with Crippen LogP contribution in [0.15, 0.2) is 24.3 Å². The number of benzene rings is 1. The summed E-state index contributed by atoms with van der Waals surface area (Å²) in [4.78, 5) is 11.4. The third kappa shape index (κ3) is 2.24. The van der Waals surface area contributed by atoms with Crippen molar-refractivity contribution in [1.82, 2.24) is 5.01 Å². The molecule has 0 aromatic heterocycles. The van der Waals surface area contributed by atoms with Gasteiger partial charge < -0.3 is 5.73 Å². The number of rotatable bonds is 1. The number of hydrogen-bond acceptors (Lipinski definition) is 3. The number of thiocarbonyl (C=S) groups is 1. The van der Waals surface area contributed by atoms with Gasteiger partial charge in [0.1, 0.15) is 5.82 Å². The summed E-state index contributed by atoms with van der Waals surface area (Å²) in [5, 5.41) is 0.391. The van der Waals surface area contributed by atoms with Crippen LogP contribution in [0.4, 0.5) is 4.39 Å². The van der Waals surface area contributed by atoms with E-state index in [0.29, 0.717) is 5.01 Å². The van der Waals surface area contributed by atoms with Crippen LogP contribution in [0.1, 0.15) is 10.4 Å². The van der Waals surface area contributed by atoms with E-state index in [-0.39, 0.29) is 10.7 Å². The van der Waals surface area contributed by atoms with Crippen molar-refractivity contribution in [3.8, 4) is 0 Å². The summed E-state index contributed by atoms with van der Waals surface area (Å²) in [6.45, 7) is 0. The van der Waals surface area contributed by atoms with Gasteiger partial charge in [-0.25, -0.2) is 15.2 Å². The largest absolute Gasteiger partial charge is 0.375 e. The molecule has 74 valence electrons. The van der Waals surface area contributed by atoms with Crippen LogP contribution in [0.25, 0.3) is 0 Å². The second kappa shape index (κ2) is 4.12. The Kier molecular flexibility index (Phi) is 3.10. The van der Waals surface area contributed by atoms with Crippen molar-refractivity contribution in [2.45, 2.75) is 0 Å². The fourth-order valence-corrected chi connectivity index (χ4v) is 0.915. The van der Waals surface area contributed by atoms with Gasteiger partial charge >= 0.3 is 0 Å². The highest BCUT2D eigenvalue weighted by atomic mass is 32.1. The quantitative estimate of drug-likeness (QED) is 0.306. The van der Waals surface area contributed by atoms with Gasteiger partial charge in [-0.05, 0) is 36.5 Å². The second-order valence-corrected chi connectivity index (χ2v) is 2.94. The maximum Gasteiger partial charge on any atom is 0.274 e. The molecular weight excluding hydrogens is 205 g/mol. The first-order valence-electron chi connectivity index (χ1n) is 3.66. The number of hydrogen-bond donors (Lipinski definition) is 2. The Morgan fingerprint density at radius 1 is 1.36 bits per heavy atom. The lowest BCUT2D eigenvalue weighted by Crippen LogP contribution is -2.45. The first kappa shape index (κ1) is 10.6. The van der Waals surface area contributed by atoms with Crippen molar-refractivity contribution < 1.29 is 9.18 Å². The Morgan fingerprint density at radius 2 is 1.86 bits per heavy atom. The Bertz CT molecular complexity index is 365. The molecule has 1 aromatic rings. The highest BCUT2D eigenvalue weighted by Gasteiger charge is 2.13. The molecule has 0 aliphatic heterocycles. The number of amides is 1. The van der Waals surface area contributed by atoms with E-state index >= 15 is 0 Å². The number of hydrazine groups is 1.